The first-order chi connectivity index (χ1) is 5.95. The zero-order valence-electron chi connectivity index (χ0n) is 6.91. The van der Waals surface area contributed by atoms with Crippen LogP contribution in [0.2, 0.25) is 0 Å². The molecule has 1 aromatic rings. The number of hydrogen-bond donors (Lipinski definition) is 0. The Labute approximate surface area is 71.8 Å². The molecule has 1 aromatic heterocycles. The van der Waals surface area contributed by atoms with Crippen molar-refractivity contribution in [2.75, 3.05) is 19.0 Å². The summed E-state index contributed by atoms with van der Waals surface area (Å²) in [7, 11) is 2.53. The average Bonchev–Trinajstić information content (AvgIpc) is 2.01. The van der Waals surface area contributed by atoms with Crippen molar-refractivity contribution in [2.24, 2.45) is 0 Å². The molecule has 0 bridgehead atoms. The molecule has 0 atom stereocenters. The summed E-state index contributed by atoms with van der Waals surface area (Å²) in [6, 6.07) is 0. The second-order valence-corrected chi connectivity index (χ2v) is 2.56. The van der Waals surface area contributed by atoms with Gasteiger partial charge in [-0.15, -0.1) is 0 Å². The van der Waals surface area contributed by atoms with Gasteiger partial charge in [-0.25, -0.2) is 0 Å². The van der Waals surface area contributed by atoms with Gasteiger partial charge in [0.25, 0.3) is 11.9 Å². The lowest BCUT2D eigenvalue weighted by Gasteiger charge is -2.14. The van der Waals surface area contributed by atoms with Gasteiger partial charge in [0.2, 0.25) is 11.6 Å². The molecule has 0 radical (unpaired) electrons. The van der Waals surface area contributed by atoms with Gasteiger partial charge in [0.1, 0.15) is 5.69 Å². The molecule has 6 heteroatoms. The number of rotatable bonds is 1. The molecule has 0 aromatic carbocycles. The first kappa shape index (κ1) is 9.76. The largest absolute Gasteiger partial charge is 0.373 e. The first-order valence-corrected chi connectivity index (χ1v) is 3.32. The number of hydrogen-bond acceptors (Lipinski definition) is 2. The van der Waals surface area contributed by atoms with Gasteiger partial charge in [0.15, 0.2) is 0 Å². The minimum Gasteiger partial charge on any atom is -0.373 e. The van der Waals surface area contributed by atoms with Crippen molar-refractivity contribution >= 4 is 5.69 Å². The molecule has 1 heterocycles. The van der Waals surface area contributed by atoms with E-state index in [-0.39, 0.29) is 0 Å². The second-order valence-electron chi connectivity index (χ2n) is 2.56. The van der Waals surface area contributed by atoms with E-state index in [0.29, 0.717) is 0 Å². The van der Waals surface area contributed by atoms with Crippen molar-refractivity contribution in [1.29, 1.82) is 0 Å². The van der Waals surface area contributed by atoms with Gasteiger partial charge in [0.05, 0.1) is 0 Å². The van der Waals surface area contributed by atoms with Gasteiger partial charge in [-0.2, -0.15) is 22.5 Å². The normalized spacial score (nSPS) is 10.3. The number of aromatic nitrogens is 1. The zero-order chi connectivity index (χ0) is 10.2. The Morgan fingerprint density at radius 2 is 1.31 bits per heavy atom. The van der Waals surface area contributed by atoms with Crippen LogP contribution in [0.15, 0.2) is 0 Å². The van der Waals surface area contributed by atoms with E-state index in [1.807, 2.05) is 0 Å². The third kappa shape index (κ3) is 1.56. The van der Waals surface area contributed by atoms with Crippen LogP contribution < -0.4 is 4.90 Å². The monoisotopic (exact) mass is 194 g/mol. The average molecular weight is 194 g/mol. The summed E-state index contributed by atoms with van der Waals surface area (Å²) in [5.41, 5.74) is -0.773. The summed E-state index contributed by atoms with van der Waals surface area (Å²) in [4.78, 5) is 3.33. The molecule has 1 rings (SSSR count). The molecule has 0 N–H and O–H groups in total. The van der Waals surface area contributed by atoms with Gasteiger partial charge in [-0.3, -0.25) is 0 Å². The minimum atomic E-state index is -1.65. The maximum absolute atomic E-state index is 12.8. The molecule has 13 heavy (non-hydrogen) atoms. The number of nitrogens with zero attached hydrogens (tertiary/aromatic N) is 2. The smallest absolute Gasteiger partial charge is 0.253 e. The Hall–Kier alpha value is -1.33. The van der Waals surface area contributed by atoms with E-state index in [0.717, 1.165) is 4.90 Å². The fraction of sp³-hybridized carbons (Fsp3) is 0.286. The highest BCUT2D eigenvalue weighted by Gasteiger charge is 2.21. The fourth-order valence-electron chi connectivity index (χ4n) is 0.869. The molecule has 0 amide bonds. The zero-order valence-corrected chi connectivity index (χ0v) is 6.91. The number of halogens is 4. The van der Waals surface area contributed by atoms with Crippen LogP contribution in [0.3, 0.4) is 0 Å². The first-order valence-electron chi connectivity index (χ1n) is 3.32. The Kier molecular flexibility index (Phi) is 2.40. The number of anilines is 1. The summed E-state index contributed by atoms with van der Waals surface area (Å²) < 4.78 is 50.5. The molecule has 0 aliphatic rings. The van der Waals surface area contributed by atoms with Gasteiger partial charge in [0, 0.05) is 14.1 Å². The van der Waals surface area contributed by atoms with Crippen LogP contribution >= 0.6 is 0 Å². The highest BCUT2D eigenvalue weighted by molar-refractivity contribution is 5.46. The van der Waals surface area contributed by atoms with Gasteiger partial charge < -0.3 is 4.90 Å². The van der Waals surface area contributed by atoms with Crippen LogP contribution in [0.5, 0.6) is 0 Å². The van der Waals surface area contributed by atoms with E-state index in [1.165, 1.54) is 14.1 Å². The lowest BCUT2D eigenvalue weighted by Crippen LogP contribution is -2.16. The molecule has 2 nitrogen and oxygen atoms in total. The van der Waals surface area contributed by atoms with E-state index in [1.54, 1.807) is 0 Å². The predicted molar refractivity (Wildman–Crippen MR) is 38.4 cm³/mol. The molecule has 0 saturated heterocycles. The summed E-state index contributed by atoms with van der Waals surface area (Å²) in [5.74, 6) is -6.29. The maximum Gasteiger partial charge on any atom is 0.253 e. The summed E-state index contributed by atoms with van der Waals surface area (Å²) >= 11 is 0. The van der Waals surface area contributed by atoms with Crippen LogP contribution in [-0.4, -0.2) is 19.1 Å². The molecule has 0 unspecified atom stereocenters. The molecule has 0 saturated carbocycles. The molecule has 0 aliphatic carbocycles. The van der Waals surface area contributed by atoms with E-state index < -0.39 is 29.2 Å². The van der Waals surface area contributed by atoms with Crippen molar-refractivity contribution in [3.05, 3.63) is 23.5 Å². The van der Waals surface area contributed by atoms with E-state index >= 15 is 0 Å². The molecular formula is C7H6F4N2. The highest BCUT2D eigenvalue weighted by Crippen LogP contribution is 2.23. The Balaban J connectivity index is 3.46. The minimum absolute atomic E-state index is 0.773. The quantitative estimate of drug-likeness (QED) is 0.499. The standard InChI is InChI=1S/C7H6F4N2/c1-13(2)5-3(8)6(10)12-7(11)4(5)9/h1-2H3. The van der Waals surface area contributed by atoms with Gasteiger partial charge in [-0.05, 0) is 0 Å². The van der Waals surface area contributed by atoms with E-state index in [9.17, 15) is 17.6 Å². The van der Waals surface area contributed by atoms with Crippen molar-refractivity contribution in [3.8, 4) is 0 Å². The van der Waals surface area contributed by atoms with Crippen LogP contribution in [0.1, 0.15) is 0 Å². The number of pyridine rings is 1. The maximum atomic E-state index is 12.8. The summed E-state index contributed by atoms with van der Waals surface area (Å²) in [5, 5.41) is 0. The van der Waals surface area contributed by atoms with Crippen LogP contribution in [-0.2, 0) is 0 Å². The molecular weight excluding hydrogens is 188 g/mol. The fourth-order valence-corrected chi connectivity index (χ4v) is 0.869. The van der Waals surface area contributed by atoms with Crippen molar-refractivity contribution in [2.45, 2.75) is 0 Å². The molecule has 0 aliphatic heterocycles. The van der Waals surface area contributed by atoms with Crippen molar-refractivity contribution in [3.63, 3.8) is 0 Å². The Morgan fingerprint density at radius 1 is 0.923 bits per heavy atom. The van der Waals surface area contributed by atoms with Crippen LogP contribution in [0, 0.1) is 23.5 Å². The van der Waals surface area contributed by atoms with Crippen molar-refractivity contribution < 1.29 is 17.6 Å². The van der Waals surface area contributed by atoms with E-state index in [2.05, 4.69) is 4.98 Å². The van der Waals surface area contributed by atoms with E-state index in [4.69, 9.17) is 0 Å². The van der Waals surface area contributed by atoms with Gasteiger partial charge in [-0.1, -0.05) is 0 Å². The molecule has 0 fully saturated rings. The van der Waals surface area contributed by atoms with Crippen molar-refractivity contribution in [1.82, 2.24) is 4.98 Å². The second kappa shape index (κ2) is 3.20. The van der Waals surface area contributed by atoms with Crippen LogP contribution in [0.4, 0.5) is 23.2 Å². The SMILES string of the molecule is CN(C)c1c(F)c(F)nc(F)c1F. The topological polar surface area (TPSA) is 16.1 Å². The lowest BCUT2D eigenvalue weighted by atomic mass is 10.3. The summed E-state index contributed by atoms with van der Waals surface area (Å²) in [6.45, 7) is 0. The molecule has 72 valence electrons. The third-order valence-electron chi connectivity index (χ3n) is 1.42. The molecule has 0 spiro atoms. The Bertz CT molecular complexity index is 312. The predicted octanol–water partition coefficient (Wildman–Crippen LogP) is 1.70. The lowest BCUT2D eigenvalue weighted by molar-refractivity contribution is 0.408. The third-order valence-corrected chi connectivity index (χ3v) is 1.42. The Morgan fingerprint density at radius 3 is 1.62 bits per heavy atom. The van der Waals surface area contributed by atoms with Crippen LogP contribution in [0.25, 0.3) is 0 Å². The van der Waals surface area contributed by atoms with Gasteiger partial charge >= 0.3 is 0 Å². The summed E-state index contributed by atoms with van der Waals surface area (Å²) in [6.07, 6.45) is 0. The highest BCUT2D eigenvalue weighted by atomic mass is 19.2.